The molecule has 1 aromatic rings. The molecule has 3 rings (SSSR count). The fourth-order valence-electron chi connectivity index (χ4n) is 3.62. The Hall–Kier alpha value is -1.37. The first-order valence-electron chi connectivity index (χ1n) is 7.55. The number of carbonyl (C=O) groups is 1. The van der Waals surface area contributed by atoms with E-state index in [1.54, 1.807) is 0 Å². The number of Topliss-reactive ketones (excluding diaryl/α,β-unsaturated/α-hetero) is 1. The fourth-order valence-corrected chi connectivity index (χ4v) is 3.62. The van der Waals surface area contributed by atoms with E-state index >= 15 is 0 Å². The molecule has 1 atom stereocenters. The molecule has 0 aliphatic heterocycles. The van der Waals surface area contributed by atoms with Crippen molar-refractivity contribution in [1.82, 2.24) is 0 Å². The first kappa shape index (κ1) is 12.7. The molecule has 2 fully saturated rings. The van der Waals surface area contributed by atoms with Crippen LogP contribution >= 0.6 is 0 Å². The third-order valence-corrected chi connectivity index (χ3v) is 4.77. The summed E-state index contributed by atoms with van der Waals surface area (Å²) >= 11 is 0. The summed E-state index contributed by atoms with van der Waals surface area (Å²) in [6, 6.07) is 8.44. The van der Waals surface area contributed by atoms with Crippen LogP contribution in [0.1, 0.15) is 49.7 Å². The van der Waals surface area contributed by atoms with E-state index in [4.69, 9.17) is 0 Å². The summed E-state index contributed by atoms with van der Waals surface area (Å²) in [5, 5.41) is 0. The summed E-state index contributed by atoms with van der Waals surface area (Å²) in [5.41, 5.74) is 3.49. The van der Waals surface area contributed by atoms with Gasteiger partial charge in [0.25, 0.3) is 0 Å². The first-order valence-corrected chi connectivity index (χ1v) is 7.55. The van der Waals surface area contributed by atoms with Crippen LogP contribution in [-0.4, -0.2) is 5.78 Å². The van der Waals surface area contributed by atoms with Crippen LogP contribution in [0.15, 0.2) is 29.8 Å². The highest BCUT2D eigenvalue weighted by Gasteiger charge is 2.36. The molecule has 0 N–H and O–H groups in total. The molecule has 0 radical (unpaired) electrons. The third kappa shape index (κ3) is 2.65. The summed E-state index contributed by atoms with van der Waals surface area (Å²) in [4.78, 5) is 12.5. The molecular weight excluding hydrogens is 232 g/mol. The lowest BCUT2D eigenvalue weighted by Gasteiger charge is -2.15. The summed E-state index contributed by atoms with van der Waals surface area (Å²) in [6.45, 7) is 2.09. The van der Waals surface area contributed by atoms with E-state index in [9.17, 15) is 4.79 Å². The maximum atomic E-state index is 12.5. The molecule has 1 aromatic carbocycles. The van der Waals surface area contributed by atoms with Gasteiger partial charge < -0.3 is 0 Å². The highest BCUT2D eigenvalue weighted by Crippen LogP contribution is 2.40. The van der Waals surface area contributed by atoms with E-state index < -0.39 is 0 Å². The average Bonchev–Trinajstić information content (AvgIpc) is 3.03. The summed E-state index contributed by atoms with van der Waals surface area (Å²) in [7, 11) is 0. The number of carbonyl (C=O) groups excluding carboxylic acids is 1. The van der Waals surface area contributed by atoms with Crippen LogP contribution in [0, 0.1) is 18.8 Å². The van der Waals surface area contributed by atoms with Gasteiger partial charge >= 0.3 is 0 Å². The van der Waals surface area contributed by atoms with Crippen LogP contribution in [0.4, 0.5) is 0 Å². The minimum Gasteiger partial charge on any atom is -0.294 e. The van der Waals surface area contributed by atoms with Crippen molar-refractivity contribution < 1.29 is 4.79 Å². The molecule has 100 valence electrons. The Balaban J connectivity index is 1.75. The van der Waals surface area contributed by atoms with E-state index in [0.29, 0.717) is 17.6 Å². The number of hydrogen-bond acceptors (Lipinski definition) is 1. The lowest BCUT2D eigenvalue weighted by atomic mass is 9.88. The zero-order chi connectivity index (χ0) is 13.2. The van der Waals surface area contributed by atoms with Gasteiger partial charge in [-0.15, -0.1) is 0 Å². The van der Waals surface area contributed by atoms with Gasteiger partial charge in [0.2, 0.25) is 0 Å². The molecule has 19 heavy (non-hydrogen) atoms. The Kier molecular flexibility index (Phi) is 3.54. The molecule has 0 heterocycles. The maximum Gasteiger partial charge on any atom is 0.162 e. The lowest BCUT2D eigenvalue weighted by Crippen LogP contribution is -2.16. The quantitative estimate of drug-likeness (QED) is 0.708. The van der Waals surface area contributed by atoms with Gasteiger partial charge in [-0.3, -0.25) is 4.79 Å². The van der Waals surface area contributed by atoms with Gasteiger partial charge in [0.05, 0.1) is 0 Å². The molecule has 1 heteroatoms. The van der Waals surface area contributed by atoms with Crippen molar-refractivity contribution in [2.75, 3.05) is 0 Å². The standard InChI is InChI=1S/C18H22O/c1-13-6-8-14(9-7-13)12-16-10-11-17(18(16)19)15-4-2-3-5-15/h6-9,12,15,17H,2-5,10-11H2,1H3. The van der Waals surface area contributed by atoms with Crippen LogP contribution in [-0.2, 0) is 4.79 Å². The maximum absolute atomic E-state index is 12.5. The smallest absolute Gasteiger partial charge is 0.162 e. The molecule has 1 nitrogen and oxygen atoms in total. The van der Waals surface area contributed by atoms with E-state index in [2.05, 4.69) is 37.3 Å². The van der Waals surface area contributed by atoms with Gasteiger partial charge in [-0.1, -0.05) is 42.7 Å². The second kappa shape index (κ2) is 5.32. The average molecular weight is 254 g/mol. The second-order valence-electron chi connectivity index (χ2n) is 6.13. The Morgan fingerprint density at radius 2 is 1.74 bits per heavy atom. The largest absolute Gasteiger partial charge is 0.294 e. The number of allylic oxidation sites excluding steroid dienone is 1. The normalized spacial score (nSPS) is 26.5. The Bertz CT molecular complexity index is 489. The van der Waals surface area contributed by atoms with Crippen molar-refractivity contribution in [3.05, 3.63) is 41.0 Å². The Labute approximate surface area is 115 Å². The van der Waals surface area contributed by atoms with Crippen LogP contribution in [0.5, 0.6) is 0 Å². The molecule has 2 aliphatic rings. The summed E-state index contributed by atoms with van der Waals surface area (Å²) in [5.74, 6) is 1.45. The molecule has 0 bridgehead atoms. The van der Waals surface area contributed by atoms with Gasteiger partial charge in [0.15, 0.2) is 5.78 Å². The number of aryl methyl sites for hydroxylation is 1. The number of hydrogen-bond donors (Lipinski definition) is 0. The van der Waals surface area contributed by atoms with E-state index in [-0.39, 0.29) is 0 Å². The molecule has 0 aromatic heterocycles. The van der Waals surface area contributed by atoms with Gasteiger partial charge in [-0.2, -0.15) is 0 Å². The van der Waals surface area contributed by atoms with Crippen molar-refractivity contribution in [3.63, 3.8) is 0 Å². The van der Waals surface area contributed by atoms with Crippen molar-refractivity contribution in [2.45, 2.75) is 45.4 Å². The molecule has 2 saturated carbocycles. The topological polar surface area (TPSA) is 17.1 Å². The van der Waals surface area contributed by atoms with Gasteiger partial charge in [-0.25, -0.2) is 0 Å². The SMILES string of the molecule is Cc1ccc(C=C2CCC(C3CCCC3)C2=O)cc1. The molecule has 0 saturated heterocycles. The summed E-state index contributed by atoms with van der Waals surface area (Å²) in [6.07, 6.45) is 9.37. The third-order valence-electron chi connectivity index (χ3n) is 4.77. The zero-order valence-corrected chi connectivity index (χ0v) is 11.7. The monoisotopic (exact) mass is 254 g/mol. The second-order valence-corrected chi connectivity index (χ2v) is 6.13. The van der Waals surface area contributed by atoms with Crippen LogP contribution < -0.4 is 0 Å². The molecule has 1 unspecified atom stereocenters. The fraction of sp³-hybridized carbons (Fsp3) is 0.500. The van der Waals surface area contributed by atoms with Crippen LogP contribution in [0.3, 0.4) is 0 Å². The molecular formula is C18H22O. The Morgan fingerprint density at radius 3 is 2.42 bits per heavy atom. The van der Waals surface area contributed by atoms with Crippen molar-refractivity contribution in [1.29, 1.82) is 0 Å². The minimum absolute atomic E-state index is 0.333. The first-order chi connectivity index (χ1) is 9.24. The van der Waals surface area contributed by atoms with Gasteiger partial charge in [0, 0.05) is 5.92 Å². The van der Waals surface area contributed by atoms with Gasteiger partial charge in [0.1, 0.15) is 0 Å². The van der Waals surface area contributed by atoms with E-state index in [1.165, 1.54) is 36.8 Å². The highest BCUT2D eigenvalue weighted by molar-refractivity contribution is 6.03. The highest BCUT2D eigenvalue weighted by atomic mass is 16.1. The van der Waals surface area contributed by atoms with Crippen molar-refractivity contribution >= 4 is 11.9 Å². The predicted octanol–water partition coefficient (Wildman–Crippen LogP) is 4.55. The lowest BCUT2D eigenvalue weighted by molar-refractivity contribution is -0.119. The van der Waals surface area contributed by atoms with Crippen LogP contribution in [0.25, 0.3) is 6.08 Å². The van der Waals surface area contributed by atoms with E-state index in [1.807, 2.05) is 0 Å². The molecule has 2 aliphatic carbocycles. The van der Waals surface area contributed by atoms with E-state index in [0.717, 1.165) is 18.4 Å². The van der Waals surface area contributed by atoms with Crippen LogP contribution in [0.2, 0.25) is 0 Å². The van der Waals surface area contributed by atoms with Crippen molar-refractivity contribution in [3.8, 4) is 0 Å². The number of ketones is 1. The Morgan fingerprint density at radius 1 is 1.05 bits per heavy atom. The minimum atomic E-state index is 0.333. The molecule has 0 spiro atoms. The summed E-state index contributed by atoms with van der Waals surface area (Å²) < 4.78 is 0. The zero-order valence-electron chi connectivity index (χ0n) is 11.7. The van der Waals surface area contributed by atoms with Gasteiger partial charge in [-0.05, 0) is 55.7 Å². The predicted molar refractivity (Wildman–Crippen MR) is 78.8 cm³/mol. The molecule has 0 amide bonds. The number of benzene rings is 1. The van der Waals surface area contributed by atoms with Crippen molar-refractivity contribution in [2.24, 2.45) is 11.8 Å². The number of rotatable bonds is 2.